The van der Waals surface area contributed by atoms with Gasteiger partial charge in [0.05, 0.1) is 0 Å². The molecule has 1 saturated carbocycles. The molecular formula is C16H29N. The molecule has 1 unspecified atom stereocenters. The molecule has 1 fully saturated rings. The number of hydrogen-bond donors (Lipinski definition) is 1. The van der Waals surface area contributed by atoms with Crippen molar-refractivity contribution in [2.45, 2.75) is 72.3 Å². The lowest BCUT2D eigenvalue weighted by Gasteiger charge is -2.38. The molecular weight excluding hydrogens is 206 g/mol. The summed E-state index contributed by atoms with van der Waals surface area (Å²) in [4.78, 5) is 0. The molecule has 0 bridgehead atoms. The first kappa shape index (κ1) is 14.6. The van der Waals surface area contributed by atoms with Gasteiger partial charge in [0.1, 0.15) is 0 Å². The fourth-order valence-electron chi connectivity index (χ4n) is 2.77. The van der Waals surface area contributed by atoms with Crippen molar-refractivity contribution in [2.24, 2.45) is 11.3 Å². The maximum atomic E-state index is 3.70. The van der Waals surface area contributed by atoms with Gasteiger partial charge in [-0.25, -0.2) is 0 Å². The molecule has 1 nitrogen and oxygen atoms in total. The molecule has 1 aliphatic rings. The van der Waals surface area contributed by atoms with Gasteiger partial charge in [0.15, 0.2) is 0 Å². The molecule has 0 radical (unpaired) electrons. The summed E-state index contributed by atoms with van der Waals surface area (Å²) >= 11 is 0. The summed E-state index contributed by atoms with van der Waals surface area (Å²) in [6, 6.07) is 0.624. The van der Waals surface area contributed by atoms with Crippen molar-refractivity contribution < 1.29 is 0 Å². The average molecular weight is 235 g/mol. The zero-order chi connectivity index (χ0) is 12.7. The minimum absolute atomic E-state index is 0.572. The molecule has 1 rings (SSSR count). The molecule has 0 saturated heterocycles. The third-order valence-corrected chi connectivity index (χ3v) is 4.11. The highest BCUT2D eigenvalue weighted by Crippen LogP contribution is 2.39. The molecule has 98 valence electrons. The highest BCUT2D eigenvalue weighted by molar-refractivity contribution is 5.00. The van der Waals surface area contributed by atoms with Crippen LogP contribution in [0.1, 0.15) is 66.2 Å². The van der Waals surface area contributed by atoms with Crippen LogP contribution in [0.3, 0.4) is 0 Å². The van der Waals surface area contributed by atoms with Crippen molar-refractivity contribution >= 4 is 0 Å². The molecule has 0 aromatic heterocycles. The van der Waals surface area contributed by atoms with Crippen LogP contribution in [0.4, 0.5) is 0 Å². The average Bonchev–Trinajstić information content (AvgIpc) is 2.30. The van der Waals surface area contributed by atoms with Crippen LogP contribution < -0.4 is 5.32 Å². The van der Waals surface area contributed by atoms with Gasteiger partial charge >= 0.3 is 0 Å². The second-order valence-corrected chi connectivity index (χ2v) is 6.19. The highest BCUT2D eigenvalue weighted by Gasteiger charge is 2.30. The van der Waals surface area contributed by atoms with E-state index in [2.05, 4.69) is 37.9 Å². The van der Waals surface area contributed by atoms with Crippen LogP contribution in [0.2, 0.25) is 0 Å². The van der Waals surface area contributed by atoms with Gasteiger partial charge in [0.2, 0.25) is 0 Å². The van der Waals surface area contributed by atoms with E-state index < -0.39 is 0 Å². The van der Waals surface area contributed by atoms with Crippen LogP contribution in [0, 0.1) is 23.2 Å². The van der Waals surface area contributed by atoms with E-state index in [1.165, 1.54) is 32.1 Å². The van der Waals surface area contributed by atoms with Crippen molar-refractivity contribution in [3.05, 3.63) is 0 Å². The van der Waals surface area contributed by atoms with Crippen LogP contribution in [0.5, 0.6) is 0 Å². The van der Waals surface area contributed by atoms with E-state index in [-0.39, 0.29) is 0 Å². The smallest absolute Gasteiger partial charge is 0.0245 e. The van der Waals surface area contributed by atoms with Crippen LogP contribution in [0.25, 0.3) is 0 Å². The molecule has 0 aromatic rings. The zero-order valence-electron chi connectivity index (χ0n) is 12.1. The van der Waals surface area contributed by atoms with Crippen LogP contribution in [0.15, 0.2) is 0 Å². The molecule has 17 heavy (non-hydrogen) atoms. The van der Waals surface area contributed by atoms with Crippen molar-refractivity contribution in [3.63, 3.8) is 0 Å². The van der Waals surface area contributed by atoms with E-state index in [1.54, 1.807) is 0 Å². The fourth-order valence-corrected chi connectivity index (χ4v) is 2.77. The summed E-state index contributed by atoms with van der Waals surface area (Å²) in [5.74, 6) is 7.15. The Morgan fingerprint density at radius 3 is 2.47 bits per heavy atom. The molecule has 0 heterocycles. The molecule has 0 amide bonds. The summed E-state index contributed by atoms with van der Waals surface area (Å²) in [6.07, 6.45) is 7.75. The van der Waals surface area contributed by atoms with Gasteiger partial charge in [-0.15, -0.1) is 11.8 Å². The lowest BCUT2D eigenvalue weighted by molar-refractivity contribution is 0.162. The molecule has 0 aliphatic heterocycles. The van der Waals surface area contributed by atoms with E-state index in [4.69, 9.17) is 0 Å². The first-order valence-corrected chi connectivity index (χ1v) is 7.22. The van der Waals surface area contributed by atoms with Gasteiger partial charge in [-0.3, -0.25) is 0 Å². The molecule has 1 N–H and O–H groups in total. The van der Waals surface area contributed by atoms with Crippen LogP contribution in [-0.2, 0) is 0 Å². The Labute approximate surface area is 108 Å². The lowest BCUT2D eigenvalue weighted by atomic mass is 9.70. The predicted molar refractivity (Wildman–Crippen MR) is 75.9 cm³/mol. The van der Waals surface area contributed by atoms with E-state index >= 15 is 0 Å². The van der Waals surface area contributed by atoms with Crippen molar-refractivity contribution in [1.29, 1.82) is 0 Å². The number of hydrogen-bond acceptors (Lipinski definition) is 1. The Hall–Kier alpha value is -0.480. The van der Waals surface area contributed by atoms with E-state index in [1.807, 2.05) is 6.92 Å². The molecule has 1 heteroatoms. The second-order valence-electron chi connectivity index (χ2n) is 6.19. The minimum atomic E-state index is 0.572. The van der Waals surface area contributed by atoms with Crippen LogP contribution >= 0.6 is 0 Å². The van der Waals surface area contributed by atoms with Crippen molar-refractivity contribution in [1.82, 2.24) is 5.32 Å². The Morgan fingerprint density at radius 2 is 1.94 bits per heavy atom. The van der Waals surface area contributed by atoms with Gasteiger partial charge in [0.25, 0.3) is 0 Å². The molecule has 0 aromatic carbocycles. The number of rotatable bonds is 5. The Bertz CT molecular complexity index is 259. The third kappa shape index (κ3) is 5.13. The summed E-state index contributed by atoms with van der Waals surface area (Å²) in [5, 5.41) is 3.70. The van der Waals surface area contributed by atoms with Crippen molar-refractivity contribution in [3.8, 4) is 11.8 Å². The molecule has 1 atom stereocenters. The van der Waals surface area contributed by atoms with Crippen molar-refractivity contribution in [2.75, 3.05) is 6.54 Å². The van der Waals surface area contributed by atoms with Gasteiger partial charge in [0, 0.05) is 12.5 Å². The standard InChI is InChI=1S/C16H29N/c1-5-7-8-15(17-13-6-2)14-9-11-16(3,4)12-10-14/h14-15,17H,6,8-13H2,1-4H3. The van der Waals surface area contributed by atoms with E-state index in [9.17, 15) is 0 Å². The minimum Gasteiger partial charge on any atom is -0.313 e. The second kappa shape index (κ2) is 7.07. The van der Waals surface area contributed by atoms with Gasteiger partial charge in [-0.05, 0) is 56.9 Å². The molecule has 0 spiro atoms. The largest absolute Gasteiger partial charge is 0.313 e. The first-order valence-electron chi connectivity index (χ1n) is 7.22. The Kier molecular flexibility index (Phi) is 6.06. The monoisotopic (exact) mass is 235 g/mol. The fraction of sp³-hybridized carbons (Fsp3) is 0.875. The van der Waals surface area contributed by atoms with Gasteiger partial charge in [-0.1, -0.05) is 20.8 Å². The summed E-state index contributed by atoms with van der Waals surface area (Å²) in [6.45, 7) is 10.1. The Morgan fingerprint density at radius 1 is 1.29 bits per heavy atom. The summed E-state index contributed by atoms with van der Waals surface area (Å²) in [5.41, 5.74) is 0.572. The lowest BCUT2D eigenvalue weighted by Crippen LogP contribution is -2.39. The summed E-state index contributed by atoms with van der Waals surface area (Å²) < 4.78 is 0. The molecule has 1 aliphatic carbocycles. The number of nitrogens with one attached hydrogen (secondary N) is 1. The SMILES string of the molecule is CC#CCC(NCCC)C1CCC(C)(C)CC1. The Balaban J connectivity index is 2.48. The van der Waals surface area contributed by atoms with Crippen LogP contribution in [-0.4, -0.2) is 12.6 Å². The normalized spacial score (nSPS) is 21.6. The van der Waals surface area contributed by atoms with Gasteiger partial charge in [-0.2, -0.15) is 0 Å². The quantitative estimate of drug-likeness (QED) is 0.711. The topological polar surface area (TPSA) is 12.0 Å². The predicted octanol–water partition coefficient (Wildman–Crippen LogP) is 3.98. The highest BCUT2D eigenvalue weighted by atomic mass is 14.9. The third-order valence-electron chi connectivity index (χ3n) is 4.11. The summed E-state index contributed by atoms with van der Waals surface area (Å²) in [7, 11) is 0. The zero-order valence-corrected chi connectivity index (χ0v) is 12.1. The van der Waals surface area contributed by atoms with Gasteiger partial charge < -0.3 is 5.32 Å². The van der Waals surface area contributed by atoms with E-state index in [0.717, 1.165) is 18.9 Å². The maximum absolute atomic E-state index is 3.70. The first-order chi connectivity index (χ1) is 8.09. The van der Waals surface area contributed by atoms with E-state index in [0.29, 0.717) is 11.5 Å². The maximum Gasteiger partial charge on any atom is 0.0245 e.